The van der Waals surface area contributed by atoms with E-state index in [4.69, 9.17) is 0 Å². The topological polar surface area (TPSA) is 17.1 Å². The molecule has 4 aromatic rings. The fourth-order valence-corrected chi connectivity index (χ4v) is 5.71. The van der Waals surface area contributed by atoms with Crippen molar-refractivity contribution in [2.45, 2.75) is 18.3 Å². The first-order chi connectivity index (χ1) is 15.1. The number of rotatable bonds is 4. The molecule has 0 amide bonds. The maximum Gasteiger partial charge on any atom is 0.193 e. The average Bonchev–Trinajstić information content (AvgIpc) is 2.80. The predicted octanol–water partition coefficient (Wildman–Crippen LogP) is 7.53. The molecule has 1 aliphatic rings. The lowest BCUT2D eigenvalue weighted by Gasteiger charge is -2.41. The van der Waals surface area contributed by atoms with Crippen molar-refractivity contribution >= 4 is 37.6 Å². The molecule has 152 valence electrons. The van der Waals surface area contributed by atoms with Crippen molar-refractivity contribution in [1.29, 1.82) is 0 Å². The highest BCUT2D eigenvalue weighted by atomic mass is 79.9. The number of benzene rings is 4. The molecule has 0 heterocycles. The number of carbonyl (C=O) groups is 1. The SMILES string of the molecule is O=C1c2ccccc2C(Cc2ccccc2Br)(Cc2ccccc2Br)c2ccccc21. The first-order valence-electron chi connectivity index (χ1n) is 10.3. The molecular formula is C28H20Br2O. The third kappa shape index (κ3) is 3.50. The van der Waals surface area contributed by atoms with E-state index < -0.39 is 0 Å². The fourth-order valence-electron chi connectivity index (χ4n) is 4.86. The lowest BCUT2D eigenvalue weighted by molar-refractivity contribution is 0.102. The van der Waals surface area contributed by atoms with Crippen LogP contribution in [-0.2, 0) is 18.3 Å². The van der Waals surface area contributed by atoms with Crippen LogP contribution in [0.1, 0.15) is 38.2 Å². The van der Waals surface area contributed by atoms with Crippen molar-refractivity contribution in [3.63, 3.8) is 0 Å². The van der Waals surface area contributed by atoms with Crippen molar-refractivity contribution < 1.29 is 4.79 Å². The Morgan fingerprint density at radius 3 is 1.39 bits per heavy atom. The highest BCUT2D eigenvalue weighted by molar-refractivity contribution is 9.10. The monoisotopic (exact) mass is 530 g/mol. The van der Waals surface area contributed by atoms with Gasteiger partial charge in [0.15, 0.2) is 5.78 Å². The van der Waals surface area contributed by atoms with Crippen LogP contribution >= 0.6 is 31.9 Å². The molecule has 0 saturated heterocycles. The standard InChI is InChI=1S/C28H20Br2O/c29-25-15-7-1-9-19(25)17-28(18-20-10-2-8-16-26(20)30)23-13-5-3-11-21(23)27(31)22-12-4-6-14-24(22)28/h1-16H,17-18H2. The van der Waals surface area contributed by atoms with Gasteiger partial charge < -0.3 is 0 Å². The van der Waals surface area contributed by atoms with Gasteiger partial charge in [0.05, 0.1) is 0 Å². The summed E-state index contributed by atoms with van der Waals surface area (Å²) in [5, 5.41) is 0. The molecule has 0 saturated carbocycles. The maximum atomic E-state index is 13.4. The Bertz CT molecular complexity index is 1190. The third-order valence-corrected chi connectivity index (χ3v) is 7.82. The normalized spacial score (nSPS) is 14.1. The summed E-state index contributed by atoms with van der Waals surface area (Å²) in [5.41, 5.74) is 5.91. The summed E-state index contributed by atoms with van der Waals surface area (Å²) in [6, 6.07) is 33.0. The molecule has 31 heavy (non-hydrogen) atoms. The molecule has 0 fully saturated rings. The van der Waals surface area contributed by atoms with E-state index in [0.717, 1.165) is 44.0 Å². The van der Waals surface area contributed by atoms with Crippen LogP contribution in [0.4, 0.5) is 0 Å². The molecule has 3 heteroatoms. The van der Waals surface area contributed by atoms with E-state index in [-0.39, 0.29) is 11.2 Å². The van der Waals surface area contributed by atoms with Crippen LogP contribution in [0.15, 0.2) is 106 Å². The third-order valence-electron chi connectivity index (χ3n) is 6.27. The molecule has 4 aromatic carbocycles. The summed E-state index contributed by atoms with van der Waals surface area (Å²) in [5.74, 6) is 0.112. The van der Waals surface area contributed by atoms with E-state index in [2.05, 4.69) is 92.5 Å². The van der Waals surface area contributed by atoms with Crippen LogP contribution < -0.4 is 0 Å². The fraction of sp³-hybridized carbons (Fsp3) is 0.107. The quantitative estimate of drug-likeness (QED) is 0.266. The second kappa shape index (κ2) is 8.22. The van der Waals surface area contributed by atoms with Crippen LogP contribution in [0.5, 0.6) is 0 Å². The van der Waals surface area contributed by atoms with Gasteiger partial charge in [-0.1, -0.05) is 117 Å². The molecule has 0 unspecified atom stereocenters. The van der Waals surface area contributed by atoms with Gasteiger partial charge in [0.1, 0.15) is 0 Å². The maximum absolute atomic E-state index is 13.4. The minimum atomic E-state index is -0.366. The summed E-state index contributed by atoms with van der Waals surface area (Å²) < 4.78 is 2.18. The molecule has 0 radical (unpaired) electrons. The minimum Gasteiger partial charge on any atom is -0.289 e. The molecule has 1 nitrogen and oxygen atoms in total. The van der Waals surface area contributed by atoms with E-state index in [9.17, 15) is 4.79 Å². The van der Waals surface area contributed by atoms with Gasteiger partial charge in [-0.05, 0) is 47.2 Å². The second-order valence-corrected chi connectivity index (χ2v) is 9.75. The van der Waals surface area contributed by atoms with Crippen molar-refractivity contribution in [2.24, 2.45) is 0 Å². The largest absolute Gasteiger partial charge is 0.289 e. The molecule has 0 spiro atoms. The predicted molar refractivity (Wildman–Crippen MR) is 133 cm³/mol. The molecule has 0 N–H and O–H groups in total. The van der Waals surface area contributed by atoms with Gasteiger partial charge in [-0.3, -0.25) is 4.79 Å². The van der Waals surface area contributed by atoms with Crippen molar-refractivity contribution in [2.75, 3.05) is 0 Å². The van der Waals surface area contributed by atoms with Gasteiger partial charge in [-0.15, -0.1) is 0 Å². The highest BCUT2D eigenvalue weighted by Crippen LogP contribution is 2.47. The Kier molecular flexibility index (Phi) is 5.41. The Morgan fingerprint density at radius 2 is 0.935 bits per heavy atom. The molecule has 0 atom stereocenters. The number of ketones is 1. The van der Waals surface area contributed by atoms with Gasteiger partial charge in [0.25, 0.3) is 0 Å². The smallest absolute Gasteiger partial charge is 0.193 e. The number of carbonyl (C=O) groups excluding carboxylic acids is 1. The van der Waals surface area contributed by atoms with Gasteiger partial charge >= 0.3 is 0 Å². The van der Waals surface area contributed by atoms with Crippen LogP contribution in [0.2, 0.25) is 0 Å². The van der Waals surface area contributed by atoms with Crippen molar-refractivity contribution in [1.82, 2.24) is 0 Å². The first-order valence-corrected chi connectivity index (χ1v) is 11.9. The zero-order valence-electron chi connectivity index (χ0n) is 16.8. The number of hydrogen-bond donors (Lipinski definition) is 0. The van der Waals surface area contributed by atoms with E-state index >= 15 is 0 Å². The lowest BCUT2D eigenvalue weighted by atomic mass is 9.61. The number of fused-ring (bicyclic) bond motifs is 2. The second-order valence-electron chi connectivity index (χ2n) is 8.04. The van der Waals surface area contributed by atoms with Crippen LogP contribution in [0, 0.1) is 0 Å². The Balaban J connectivity index is 1.82. The van der Waals surface area contributed by atoms with Crippen molar-refractivity contribution in [3.05, 3.63) is 139 Å². The van der Waals surface area contributed by atoms with Gasteiger partial charge in [-0.25, -0.2) is 0 Å². The zero-order valence-corrected chi connectivity index (χ0v) is 20.0. The number of hydrogen-bond acceptors (Lipinski definition) is 1. The summed E-state index contributed by atoms with van der Waals surface area (Å²) >= 11 is 7.53. The Hall–Kier alpha value is -2.49. The molecule has 0 aliphatic heterocycles. The van der Waals surface area contributed by atoms with E-state index in [1.165, 1.54) is 11.1 Å². The van der Waals surface area contributed by atoms with E-state index in [1.807, 2.05) is 36.4 Å². The molecule has 1 aliphatic carbocycles. The van der Waals surface area contributed by atoms with Crippen LogP contribution in [0.3, 0.4) is 0 Å². The van der Waals surface area contributed by atoms with E-state index in [1.54, 1.807) is 0 Å². The summed E-state index contributed by atoms with van der Waals surface area (Å²) in [4.78, 5) is 13.4. The zero-order chi connectivity index (χ0) is 21.4. The van der Waals surface area contributed by atoms with Gasteiger partial charge in [0, 0.05) is 25.5 Å². The summed E-state index contributed by atoms with van der Waals surface area (Å²) in [6.45, 7) is 0. The van der Waals surface area contributed by atoms with E-state index in [0.29, 0.717) is 0 Å². The van der Waals surface area contributed by atoms with Crippen LogP contribution in [-0.4, -0.2) is 5.78 Å². The Morgan fingerprint density at radius 1 is 0.548 bits per heavy atom. The average molecular weight is 532 g/mol. The highest BCUT2D eigenvalue weighted by Gasteiger charge is 2.44. The van der Waals surface area contributed by atoms with Crippen LogP contribution in [0.25, 0.3) is 0 Å². The van der Waals surface area contributed by atoms with Gasteiger partial charge in [-0.2, -0.15) is 0 Å². The lowest BCUT2D eigenvalue weighted by Crippen LogP contribution is -2.40. The van der Waals surface area contributed by atoms with Crippen molar-refractivity contribution in [3.8, 4) is 0 Å². The van der Waals surface area contributed by atoms with Gasteiger partial charge in [0.2, 0.25) is 0 Å². The number of halogens is 2. The molecule has 0 bridgehead atoms. The summed E-state index contributed by atoms with van der Waals surface area (Å²) in [7, 11) is 0. The molecule has 5 rings (SSSR count). The molecular weight excluding hydrogens is 512 g/mol. The summed E-state index contributed by atoms with van der Waals surface area (Å²) in [6.07, 6.45) is 1.58. The molecule has 0 aromatic heterocycles. The Labute approximate surface area is 199 Å². The first kappa shape index (κ1) is 20.4. The minimum absolute atomic E-state index is 0.112.